The molecule has 1 heterocycles. The van der Waals surface area contributed by atoms with E-state index < -0.39 is 5.95 Å². The van der Waals surface area contributed by atoms with E-state index in [-0.39, 0.29) is 17.6 Å². The Balaban J connectivity index is 2.65. The van der Waals surface area contributed by atoms with Gasteiger partial charge < -0.3 is 5.32 Å². The first-order valence-corrected chi connectivity index (χ1v) is 5.10. The second kappa shape index (κ2) is 5.44. The van der Waals surface area contributed by atoms with Gasteiger partial charge in [-0.1, -0.05) is 19.9 Å². The van der Waals surface area contributed by atoms with Crippen LogP contribution in [-0.4, -0.2) is 10.9 Å². The summed E-state index contributed by atoms with van der Waals surface area (Å²) in [6, 6.07) is 4.33. The predicted octanol–water partition coefficient (Wildman–Crippen LogP) is 2.60. The van der Waals surface area contributed by atoms with Gasteiger partial charge in [0.1, 0.15) is 5.82 Å². The Kier molecular flexibility index (Phi) is 4.21. The smallest absolute Gasteiger partial charge is 0.228 e. The van der Waals surface area contributed by atoms with Gasteiger partial charge in [-0.25, -0.2) is 4.98 Å². The molecule has 82 valence electrons. The summed E-state index contributed by atoms with van der Waals surface area (Å²) in [5.41, 5.74) is 0. The molecule has 0 aliphatic rings. The molecule has 0 spiro atoms. The molecule has 3 nitrogen and oxygen atoms in total. The number of nitrogens with zero attached hydrogens (tertiary/aromatic N) is 1. The van der Waals surface area contributed by atoms with Gasteiger partial charge in [-0.15, -0.1) is 0 Å². The van der Waals surface area contributed by atoms with E-state index in [2.05, 4.69) is 10.3 Å². The van der Waals surface area contributed by atoms with Gasteiger partial charge in [0.2, 0.25) is 11.9 Å². The van der Waals surface area contributed by atoms with Gasteiger partial charge in [0, 0.05) is 5.92 Å². The molecule has 0 aliphatic heterocycles. The van der Waals surface area contributed by atoms with Gasteiger partial charge in [0.25, 0.3) is 0 Å². The van der Waals surface area contributed by atoms with Crippen LogP contribution in [-0.2, 0) is 4.79 Å². The Morgan fingerprint density at radius 1 is 1.47 bits per heavy atom. The molecule has 0 fully saturated rings. The van der Waals surface area contributed by atoms with Crippen LogP contribution in [0.25, 0.3) is 0 Å². The topological polar surface area (TPSA) is 42.0 Å². The minimum absolute atomic E-state index is 0.0323. The highest BCUT2D eigenvalue weighted by atomic mass is 19.1. The first-order chi connectivity index (χ1) is 7.17. The van der Waals surface area contributed by atoms with E-state index in [9.17, 15) is 9.18 Å². The highest BCUT2D eigenvalue weighted by Crippen LogP contribution is 2.11. The van der Waals surface area contributed by atoms with Crippen molar-refractivity contribution in [3.05, 3.63) is 24.1 Å². The van der Waals surface area contributed by atoms with E-state index in [1.165, 1.54) is 12.1 Å². The molecular weight excluding hydrogens is 195 g/mol. The van der Waals surface area contributed by atoms with Crippen molar-refractivity contribution in [3.8, 4) is 0 Å². The molecule has 1 rings (SSSR count). The number of amides is 1. The second-order valence-electron chi connectivity index (χ2n) is 3.35. The molecule has 0 bridgehead atoms. The Hall–Kier alpha value is -1.45. The number of carbonyl (C=O) groups excluding carboxylic acids is 1. The number of rotatable bonds is 4. The van der Waals surface area contributed by atoms with Crippen LogP contribution in [0.4, 0.5) is 10.2 Å². The third kappa shape index (κ3) is 3.31. The number of nitrogens with one attached hydrogen (secondary N) is 1. The largest absolute Gasteiger partial charge is 0.310 e. The summed E-state index contributed by atoms with van der Waals surface area (Å²) in [7, 11) is 0. The Morgan fingerprint density at radius 2 is 2.13 bits per heavy atom. The van der Waals surface area contributed by atoms with Crippen LogP contribution in [0.3, 0.4) is 0 Å². The molecule has 0 radical (unpaired) electrons. The first kappa shape index (κ1) is 11.6. The van der Waals surface area contributed by atoms with E-state index in [0.29, 0.717) is 0 Å². The Bertz CT molecular complexity index is 337. The van der Waals surface area contributed by atoms with Gasteiger partial charge in [-0.2, -0.15) is 4.39 Å². The fourth-order valence-electron chi connectivity index (χ4n) is 1.37. The van der Waals surface area contributed by atoms with Crippen LogP contribution < -0.4 is 5.32 Å². The Labute approximate surface area is 88.7 Å². The third-order valence-corrected chi connectivity index (χ3v) is 2.32. The number of halogens is 1. The van der Waals surface area contributed by atoms with Crippen LogP contribution in [0.2, 0.25) is 0 Å². The second-order valence-corrected chi connectivity index (χ2v) is 3.35. The maximum Gasteiger partial charge on any atom is 0.228 e. The maximum absolute atomic E-state index is 12.7. The maximum atomic E-state index is 12.7. The molecule has 1 aromatic rings. The first-order valence-electron chi connectivity index (χ1n) is 5.10. The van der Waals surface area contributed by atoms with E-state index in [1.807, 2.05) is 13.8 Å². The monoisotopic (exact) mass is 210 g/mol. The SMILES string of the molecule is CCC(CC)C(=O)Nc1cccc(F)n1. The summed E-state index contributed by atoms with van der Waals surface area (Å²) in [5.74, 6) is -0.447. The Morgan fingerprint density at radius 3 is 2.67 bits per heavy atom. The number of hydrogen-bond donors (Lipinski definition) is 1. The molecule has 1 amide bonds. The fourth-order valence-corrected chi connectivity index (χ4v) is 1.37. The molecule has 0 saturated carbocycles. The van der Waals surface area contributed by atoms with Crippen LogP contribution in [0, 0.1) is 11.9 Å². The summed E-state index contributed by atoms with van der Waals surface area (Å²) in [6.45, 7) is 3.90. The molecule has 1 aromatic heterocycles. The summed E-state index contributed by atoms with van der Waals surface area (Å²) in [4.78, 5) is 15.2. The normalized spacial score (nSPS) is 10.4. The van der Waals surface area contributed by atoms with Gasteiger partial charge in [0.05, 0.1) is 0 Å². The molecule has 15 heavy (non-hydrogen) atoms. The van der Waals surface area contributed by atoms with E-state index >= 15 is 0 Å². The summed E-state index contributed by atoms with van der Waals surface area (Å²) >= 11 is 0. The zero-order valence-corrected chi connectivity index (χ0v) is 8.96. The number of aromatic nitrogens is 1. The zero-order valence-electron chi connectivity index (χ0n) is 8.96. The number of carbonyl (C=O) groups is 1. The van der Waals surface area contributed by atoms with Crippen LogP contribution in [0.1, 0.15) is 26.7 Å². The van der Waals surface area contributed by atoms with E-state index in [4.69, 9.17) is 0 Å². The minimum Gasteiger partial charge on any atom is -0.310 e. The number of hydrogen-bond acceptors (Lipinski definition) is 2. The number of anilines is 1. The molecule has 0 aromatic carbocycles. The van der Waals surface area contributed by atoms with Crippen molar-refractivity contribution in [3.63, 3.8) is 0 Å². The van der Waals surface area contributed by atoms with Gasteiger partial charge >= 0.3 is 0 Å². The van der Waals surface area contributed by atoms with E-state index in [0.717, 1.165) is 12.8 Å². The quantitative estimate of drug-likeness (QED) is 0.776. The van der Waals surface area contributed by atoms with Crippen LogP contribution >= 0.6 is 0 Å². The van der Waals surface area contributed by atoms with Crippen molar-refractivity contribution in [2.24, 2.45) is 5.92 Å². The lowest BCUT2D eigenvalue weighted by atomic mass is 10.0. The van der Waals surface area contributed by atoms with Crippen molar-refractivity contribution in [1.82, 2.24) is 4.98 Å². The fraction of sp³-hybridized carbons (Fsp3) is 0.455. The zero-order chi connectivity index (χ0) is 11.3. The van der Waals surface area contributed by atoms with Crippen molar-refractivity contribution in [2.75, 3.05) is 5.32 Å². The molecular formula is C11H15FN2O. The van der Waals surface area contributed by atoms with Gasteiger partial charge in [-0.05, 0) is 25.0 Å². The average molecular weight is 210 g/mol. The van der Waals surface area contributed by atoms with Crippen LogP contribution in [0.5, 0.6) is 0 Å². The lowest BCUT2D eigenvalue weighted by Gasteiger charge is -2.11. The van der Waals surface area contributed by atoms with Crippen molar-refractivity contribution < 1.29 is 9.18 Å². The summed E-state index contributed by atoms with van der Waals surface area (Å²) in [6.07, 6.45) is 1.55. The molecule has 4 heteroatoms. The average Bonchev–Trinajstić information content (AvgIpc) is 2.19. The predicted molar refractivity (Wildman–Crippen MR) is 56.9 cm³/mol. The molecule has 0 aliphatic carbocycles. The number of pyridine rings is 1. The summed E-state index contributed by atoms with van der Waals surface area (Å²) < 4.78 is 12.7. The molecule has 0 saturated heterocycles. The van der Waals surface area contributed by atoms with Gasteiger partial charge in [0.15, 0.2) is 0 Å². The highest BCUT2D eigenvalue weighted by molar-refractivity contribution is 5.91. The van der Waals surface area contributed by atoms with E-state index in [1.54, 1.807) is 6.07 Å². The summed E-state index contributed by atoms with van der Waals surface area (Å²) in [5, 5.41) is 2.59. The van der Waals surface area contributed by atoms with Crippen molar-refractivity contribution in [2.45, 2.75) is 26.7 Å². The molecule has 0 unspecified atom stereocenters. The van der Waals surface area contributed by atoms with Crippen LogP contribution in [0.15, 0.2) is 18.2 Å². The minimum atomic E-state index is -0.586. The van der Waals surface area contributed by atoms with Crippen molar-refractivity contribution in [1.29, 1.82) is 0 Å². The molecule has 1 N–H and O–H groups in total. The third-order valence-electron chi connectivity index (χ3n) is 2.32. The van der Waals surface area contributed by atoms with Gasteiger partial charge in [-0.3, -0.25) is 4.79 Å². The lowest BCUT2D eigenvalue weighted by Crippen LogP contribution is -2.22. The highest BCUT2D eigenvalue weighted by Gasteiger charge is 2.14. The lowest BCUT2D eigenvalue weighted by molar-refractivity contribution is -0.120. The molecule has 0 atom stereocenters. The van der Waals surface area contributed by atoms with Crippen molar-refractivity contribution >= 4 is 11.7 Å². The standard InChI is InChI=1S/C11H15FN2O/c1-3-8(4-2)11(15)14-10-7-5-6-9(12)13-10/h5-8H,3-4H2,1-2H3,(H,13,14,15).